The van der Waals surface area contributed by atoms with Crippen LogP contribution in [0.1, 0.15) is 87.3 Å². The van der Waals surface area contributed by atoms with E-state index in [0.717, 1.165) is 16.7 Å². The Labute approximate surface area is 387 Å². The van der Waals surface area contributed by atoms with Gasteiger partial charge in [0.05, 0.1) is 28.2 Å². The van der Waals surface area contributed by atoms with Gasteiger partial charge in [0.15, 0.2) is 0 Å². The van der Waals surface area contributed by atoms with E-state index < -0.39 is 41.8 Å². The second-order valence-electron chi connectivity index (χ2n) is 14.7. The second kappa shape index (κ2) is 28.9. The zero-order valence-corrected chi connectivity index (χ0v) is 39.4. The second-order valence-corrected chi connectivity index (χ2v) is 16.3. The fraction of sp³-hybridized carbons (Fsp3) is 0.488. The predicted octanol–water partition coefficient (Wildman–Crippen LogP) is 3.47. The van der Waals surface area contributed by atoms with E-state index in [1.807, 2.05) is 60.7 Å². The molecular weight excluding hydrogens is 996 g/mol. The zero-order chi connectivity index (χ0) is 45.3. The highest BCUT2D eigenvalue weighted by molar-refractivity contribution is 9.09. The van der Waals surface area contributed by atoms with Gasteiger partial charge in [0, 0.05) is 32.5 Å². The first-order chi connectivity index (χ1) is 29.9. The molecule has 8 N–H and O–H groups in total. The largest absolute Gasteiger partial charge is 0.368 e. The first-order valence-corrected chi connectivity index (χ1v) is 24.1. The highest BCUT2D eigenvalue weighted by atomic mass is 79.9. The van der Waals surface area contributed by atoms with E-state index >= 15 is 0 Å². The number of fused-ring (bicyclic) bond motifs is 2. The molecule has 338 valence electrons. The monoisotopic (exact) mass is 1050 g/mol. The van der Waals surface area contributed by atoms with E-state index in [2.05, 4.69) is 79.7 Å². The molecule has 0 aromatic heterocycles. The standard InChI is InChI=1S/C43H57Br3N8O8/c44-25-37(56)48-22-8-5-14-32(41(47)60)52-43(62)34(16-7-10-24-50-39(58)27-46)53-42(61)33(15-6-9-23-49-38(57)26-45)51-36(55)20-21-40(59)54-28-31-13-2-1-11-29(31)18-19-30-12-3-4-17-35(30)54/h1-4,11-13,17-19,32-34H,5-10,14-16,20-28H2,(H2,47,60)(H,48,56)(H,49,57)(H,50,58)(H,51,55)(H,52,62)(H,53,61)/b19-18-/t32-,33-,34-/m0/s1. The lowest BCUT2D eigenvalue weighted by Gasteiger charge is -2.27. The Morgan fingerprint density at radius 1 is 0.548 bits per heavy atom. The minimum absolute atomic E-state index is 0.133. The highest BCUT2D eigenvalue weighted by Gasteiger charge is 2.29. The van der Waals surface area contributed by atoms with Crippen LogP contribution in [0, 0.1) is 0 Å². The molecule has 8 amide bonds. The summed E-state index contributed by atoms with van der Waals surface area (Å²) in [5.74, 6) is -3.48. The summed E-state index contributed by atoms with van der Waals surface area (Å²) < 4.78 is 0. The Balaban J connectivity index is 1.75. The molecule has 0 aliphatic carbocycles. The smallest absolute Gasteiger partial charge is 0.243 e. The van der Waals surface area contributed by atoms with E-state index in [0.29, 0.717) is 70.4 Å². The van der Waals surface area contributed by atoms with Gasteiger partial charge < -0.3 is 42.5 Å². The lowest BCUT2D eigenvalue weighted by Crippen LogP contribution is -2.56. The molecule has 1 aliphatic rings. The van der Waals surface area contributed by atoms with Gasteiger partial charge in [-0.25, -0.2) is 0 Å². The summed E-state index contributed by atoms with van der Waals surface area (Å²) in [5, 5.41) is 16.8. The lowest BCUT2D eigenvalue weighted by molar-refractivity contribution is -0.133. The Morgan fingerprint density at radius 3 is 1.53 bits per heavy atom. The summed E-state index contributed by atoms with van der Waals surface area (Å²) >= 11 is 9.29. The van der Waals surface area contributed by atoms with Crippen molar-refractivity contribution in [3.63, 3.8) is 0 Å². The zero-order valence-electron chi connectivity index (χ0n) is 34.7. The number of rotatable bonds is 27. The summed E-state index contributed by atoms with van der Waals surface area (Å²) in [6, 6.07) is 12.0. The van der Waals surface area contributed by atoms with Crippen molar-refractivity contribution in [1.82, 2.24) is 31.9 Å². The topological polar surface area (TPSA) is 238 Å². The van der Waals surface area contributed by atoms with E-state index in [4.69, 9.17) is 5.73 Å². The van der Waals surface area contributed by atoms with Gasteiger partial charge in [0.25, 0.3) is 0 Å². The summed E-state index contributed by atoms with van der Waals surface area (Å²) in [5.41, 5.74) is 9.13. The number of anilines is 1. The number of primary amides is 1. The van der Waals surface area contributed by atoms with Crippen molar-refractivity contribution >= 4 is 113 Å². The molecule has 0 radical (unpaired) electrons. The summed E-state index contributed by atoms with van der Waals surface area (Å²) in [4.78, 5) is 104. The first-order valence-electron chi connectivity index (χ1n) is 20.7. The van der Waals surface area contributed by atoms with Crippen LogP contribution in [0.15, 0.2) is 48.5 Å². The van der Waals surface area contributed by atoms with Gasteiger partial charge in [-0.15, -0.1) is 0 Å². The van der Waals surface area contributed by atoms with Crippen molar-refractivity contribution in [2.45, 2.75) is 95.3 Å². The third-order valence-corrected chi connectivity index (χ3v) is 11.5. The number of carbonyl (C=O) groups excluding carboxylic acids is 8. The molecule has 0 spiro atoms. The maximum absolute atomic E-state index is 14.0. The Morgan fingerprint density at radius 2 is 1.00 bits per heavy atom. The van der Waals surface area contributed by atoms with Crippen LogP contribution < -0.4 is 42.5 Å². The Hall–Kier alpha value is -4.62. The van der Waals surface area contributed by atoms with Crippen LogP contribution in [0.4, 0.5) is 5.69 Å². The van der Waals surface area contributed by atoms with Crippen LogP contribution in [-0.2, 0) is 44.9 Å². The quantitative estimate of drug-likeness (QED) is 0.0516. The lowest BCUT2D eigenvalue weighted by atomic mass is 10.0. The number of alkyl halides is 3. The molecule has 2 aromatic carbocycles. The normalized spacial score (nSPS) is 13.6. The SMILES string of the molecule is NC(=O)[C@H](CCCCNC(=O)CBr)NC(=O)[C@H](CCCCNC(=O)CBr)NC(=O)[C@H](CCCCNC(=O)CBr)NC(=O)CCC(=O)N1Cc2ccccc2/C=C\c2ccccc21. The molecule has 0 fully saturated rings. The van der Waals surface area contributed by atoms with Gasteiger partial charge in [-0.05, 0) is 80.5 Å². The number of nitrogens with one attached hydrogen (secondary N) is 6. The summed E-state index contributed by atoms with van der Waals surface area (Å²) in [6.45, 7) is 1.34. The number of unbranched alkanes of at least 4 members (excludes halogenated alkanes) is 3. The molecule has 19 heteroatoms. The number of para-hydroxylation sites is 1. The van der Waals surface area contributed by atoms with Crippen molar-refractivity contribution < 1.29 is 38.4 Å². The van der Waals surface area contributed by atoms with E-state index in [1.54, 1.807) is 4.90 Å². The summed E-state index contributed by atoms with van der Waals surface area (Å²) in [7, 11) is 0. The van der Waals surface area contributed by atoms with Gasteiger partial charge in [0.2, 0.25) is 47.3 Å². The van der Waals surface area contributed by atoms with Crippen molar-refractivity contribution in [2.75, 3.05) is 40.5 Å². The van der Waals surface area contributed by atoms with Crippen LogP contribution in [0.5, 0.6) is 0 Å². The van der Waals surface area contributed by atoms with Crippen molar-refractivity contribution in [3.05, 3.63) is 65.2 Å². The van der Waals surface area contributed by atoms with Gasteiger partial charge in [-0.3, -0.25) is 38.4 Å². The number of nitrogens with two attached hydrogens (primary N) is 1. The highest BCUT2D eigenvalue weighted by Crippen LogP contribution is 2.29. The third kappa shape index (κ3) is 18.8. The molecular formula is C43H57Br3N8O8. The average molecular weight is 1050 g/mol. The molecule has 0 bridgehead atoms. The molecule has 3 atom stereocenters. The van der Waals surface area contributed by atoms with Crippen LogP contribution in [0.2, 0.25) is 0 Å². The van der Waals surface area contributed by atoms with Crippen molar-refractivity contribution in [1.29, 1.82) is 0 Å². The molecule has 0 unspecified atom stereocenters. The number of nitrogens with zero attached hydrogens (tertiary/aromatic N) is 1. The number of benzene rings is 2. The molecule has 1 heterocycles. The summed E-state index contributed by atoms with van der Waals surface area (Å²) in [6.07, 6.45) is 6.87. The van der Waals surface area contributed by atoms with Crippen LogP contribution in [0.25, 0.3) is 12.2 Å². The molecule has 2 aromatic rings. The Kier molecular flexibility index (Phi) is 24.1. The van der Waals surface area contributed by atoms with Crippen LogP contribution in [-0.4, -0.2) is 101 Å². The molecule has 3 rings (SSSR count). The molecule has 0 saturated heterocycles. The van der Waals surface area contributed by atoms with Crippen molar-refractivity contribution in [2.24, 2.45) is 5.73 Å². The molecule has 62 heavy (non-hydrogen) atoms. The Bertz CT molecular complexity index is 1880. The van der Waals surface area contributed by atoms with Crippen LogP contribution >= 0.6 is 47.8 Å². The number of halogens is 3. The number of amides is 8. The maximum Gasteiger partial charge on any atom is 0.243 e. The molecule has 16 nitrogen and oxygen atoms in total. The van der Waals surface area contributed by atoms with Crippen LogP contribution in [0.3, 0.4) is 0 Å². The minimum atomic E-state index is -1.14. The molecule has 1 aliphatic heterocycles. The van der Waals surface area contributed by atoms with Gasteiger partial charge in [-0.1, -0.05) is 102 Å². The van der Waals surface area contributed by atoms with Gasteiger partial charge in [0.1, 0.15) is 18.1 Å². The molecule has 0 saturated carbocycles. The fourth-order valence-electron chi connectivity index (χ4n) is 6.61. The predicted molar refractivity (Wildman–Crippen MR) is 249 cm³/mol. The minimum Gasteiger partial charge on any atom is -0.368 e. The number of hydrogen-bond acceptors (Lipinski definition) is 8. The van der Waals surface area contributed by atoms with Gasteiger partial charge in [-0.2, -0.15) is 0 Å². The maximum atomic E-state index is 14.0. The number of hydrogen-bond donors (Lipinski definition) is 7. The van der Waals surface area contributed by atoms with Gasteiger partial charge >= 0.3 is 0 Å². The van der Waals surface area contributed by atoms with E-state index in [1.165, 1.54) is 0 Å². The third-order valence-electron chi connectivity index (χ3n) is 9.95. The average Bonchev–Trinajstić information content (AvgIpc) is 3.26. The van der Waals surface area contributed by atoms with E-state index in [-0.39, 0.29) is 71.7 Å². The van der Waals surface area contributed by atoms with Crippen molar-refractivity contribution in [3.8, 4) is 0 Å². The number of carbonyl (C=O) groups is 8. The fourth-order valence-corrected chi connectivity index (χ4v) is 7.20. The first kappa shape index (κ1) is 51.7. The van der Waals surface area contributed by atoms with E-state index in [9.17, 15) is 38.4 Å².